The third-order valence-corrected chi connectivity index (χ3v) is 2.96. The molecule has 0 fully saturated rings. The number of Topliss-reactive ketones (excluding diaryl/α,β-unsaturated/α-hetero) is 1. The van der Waals surface area contributed by atoms with Crippen LogP contribution in [-0.2, 0) is 0 Å². The molecule has 114 valence electrons. The quantitative estimate of drug-likeness (QED) is 0.590. The summed E-state index contributed by atoms with van der Waals surface area (Å²) in [4.78, 5) is 27.3. The van der Waals surface area contributed by atoms with Crippen LogP contribution in [0.5, 0.6) is 17.4 Å². The lowest BCUT2D eigenvalue weighted by Gasteiger charge is -2.07. The molecule has 0 aliphatic rings. The highest BCUT2D eigenvalue weighted by Crippen LogP contribution is 2.31. The van der Waals surface area contributed by atoms with E-state index in [-0.39, 0.29) is 22.7 Å². The van der Waals surface area contributed by atoms with Crippen LogP contribution in [-0.4, -0.2) is 26.8 Å². The number of nitrogens with zero attached hydrogens (tertiary/aromatic N) is 1. The van der Waals surface area contributed by atoms with Crippen LogP contribution in [0.3, 0.4) is 0 Å². The molecule has 0 spiro atoms. The fraction of sp³-hybridized carbons (Fsp3) is 0.133. The summed E-state index contributed by atoms with van der Waals surface area (Å²) in [5.41, 5.74) is -1.70. The molecule has 0 aliphatic carbocycles. The zero-order chi connectivity index (χ0) is 16.4. The van der Waals surface area contributed by atoms with Gasteiger partial charge in [0.05, 0.1) is 5.71 Å². The van der Waals surface area contributed by atoms with Crippen molar-refractivity contribution in [2.75, 3.05) is 0 Å². The zero-order valence-corrected chi connectivity index (χ0v) is 11.8. The predicted octanol–water partition coefficient (Wildman–Crippen LogP) is 2.10. The van der Waals surface area contributed by atoms with Gasteiger partial charge in [-0.1, -0.05) is 12.1 Å². The lowest BCUT2D eigenvalue weighted by atomic mass is 10.1. The molecule has 2 rings (SSSR count). The van der Waals surface area contributed by atoms with Gasteiger partial charge in [0.2, 0.25) is 0 Å². The van der Waals surface area contributed by atoms with E-state index in [1.807, 2.05) is 0 Å². The second-order valence-corrected chi connectivity index (χ2v) is 4.54. The first-order valence-electron chi connectivity index (χ1n) is 6.26. The molecule has 0 atom stereocenters. The van der Waals surface area contributed by atoms with Crippen molar-refractivity contribution < 1.29 is 24.5 Å². The molecule has 0 saturated carbocycles. The molecule has 1 heterocycles. The number of ketones is 1. The molecule has 22 heavy (non-hydrogen) atoms. The summed E-state index contributed by atoms with van der Waals surface area (Å²) < 4.78 is 4.55. The second-order valence-electron chi connectivity index (χ2n) is 4.54. The molecule has 7 heteroatoms. The zero-order valence-electron chi connectivity index (χ0n) is 11.8. The SMILES string of the molecule is CC(=O)c1c(O)oc(=O)c(C(C)=Nc2ccccc2O)c1O. The van der Waals surface area contributed by atoms with Crippen molar-refractivity contribution >= 4 is 17.2 Å². The van der Waals surface area contributed by atoms with E-state index in [4.69, 9.17) is 0 Å². The smallest absolute Gasteiger partial charge is 0.351 e. The highest BCUT2D eigenvalue weighted by Gasteiger charge is 2.24. The summed E-state index contributed by atoms with van der Waals surface area (Å²) in [5.74, 6) is -2.45. The van der Waals surface area contributed by atoms with Gasteiger partial charge in [0.1, 0.15) is 28.3 Å². The highest BCUT2D eigenvalue weighted by atomic mass is 16.5. The molecule has 1 aromatic carbocycles. The van der Waals surface area contributed by atoms with Crippen LogP contribution in [0.4, 0.5) is 5.69 Å². The van der Waals surface area contributed by atoms with Gasteiger partial charge in [-0.15, -0.1) is 0 Å². The fourth-order valence-electron chi connectivity index (χ4n) is 1.94. The molecule has 0 radical (unpaired) electrons. The van der Waals surface area contributed by atoms with Crippen LogP contribution in [0.2, 0.25) is 0 Å². The normalized spacial score (nSPS) is 11.5. The maximum absolute atomic E-state index is 11.8. The molecule has 0 aliphatic heterocycles. The number of carbonyl (C=O) groups is 1. The van der Waals surface area contributed by atoms with Crippen molar-refractivity contribution in [2.45, 2.75) is 13.8 Å². The molecular weight excluding hydrogens is 290 g/mol. The minimum Gasteiger partial charge on any atom is -0.506 e. The summed E-state index contributed by atoms with van der Waals surface area (Å²) in [5, 5.41) is 29.2. The number of phenolic OH excluding ortho intramolecular Hbond substituents is 1. The molecule has 2 aromatic rings. The topological polar surface area (TPSA) is 120 Å². The number of aliphatic imine (C=N–C) groups is 1. The van der Waals surface area contributed by atoms with E-state index in [1.165, 1.54) is 19.1 Å². The van der Waals surface area contributed by atoms with Gasteiger partial charge >= 0.3 is 5.63 Å². The molecule has 0 bridgehead atoms. The summed E-state index contributed by atoms with van der Waals surface area (Å²) in [6.45, 7) is 2.51. The Labute approximate surface area is 124 Å². The van der Waals surface area contributed by atoms with Crippen LogP contribution in [0.1, 0.15) is 29.8 Å². The van der Waals surface area contributed by atoms with E-state index in [9.17, 15) is 24.9 Å². The van der Waals surface area contributed by atoms with Gasteiger partial charge in [0.25, 0.3) is 5.95 Å². The van der Waals surface area contributed by atoms with Gasteiger partial charge in [-0.05, 0) is 26.0 Å². The van der Waals surface area contributed by atoms with Gasteiger partial charge < -0.3 is 19.7 Å². The van der Waals surface area contributed by atoms with Gasteiger partial charge in [0.15, 0.2) is 5.78 Å². The van der Waals surface area contributed by atoms with Crippen molar-refractivity contribution in [3.63, 3.8) is 0 Å². The first kappa shape index (κ1) is 15.3. The molecule has 0 unspecified atom stereocenters. The Morgan fingerprint density at radius 3 is 2.32 bits per heavy atom. The molecular formula is C15H13NO6. The maximum Gasteiger partial charge on any atom is 0.351 e. The molecule has 0 saturated heterocycles. The number of aromatic hydroxyl groups is 3. The minimum absolute atomic E-state index is 0.0234. The van der Waals surface area contributed by atoms with Gasteiger partial charge in [-0.3, -0.25) is 4.79 Å². The Hall–Kier alpha value is -3.09. The average molecular weight is 303 g/mol. The van der Waals surface area contributed by atoms with Crippen LogP contribution < -0.4 is 5.63 Å². The highest BCUT2D eigenvalue weighted by molar-refractivity contribution is 6.07. The first-order valence-corrected chi connectivity index (χ1v) is 6.26. The number of carbonyl (C=O) groups excluding carboxylic acids is 1. The summed E-state index contributed by atoms with van der Waals surface area (Å²) in [7, 11) is 0. The van der Waals surface area contributed by atoms with Crippen LogP contribution >= 0.6 is 0 Å². The predicted molar refractivity (Wildman–Crippen MR) is 78.3 cm³/mol. The van der Waals surface area contributed by atoms with E-state index in [0.29, 0.717) is 0 Å². The van der Waals surface area contributed by atoms with E-state index >= 15 is 0 Å². The Morgan fingerprint density at radius 2 is 1.73 bits per heavy atom. The third-order valence-electron chi connectivity index (χ3n) is 2.96. The third kappa shape index (κ3) is 2.69. The number of hydrogen-bond donors (Lipinski definition) is 3. The largest absolute Gasteiger partial charge is 0.506 e. The van der Waals surface area contributed by atoms with E-state index in [2.05, 4.69) is 9.41 Å². The lowest BCUT2D eigenvalue weighted by Crippen LogP contribution is -2.15. The van der Waals surface area contributed by atoms with Crippen LogP contribution in [0.15, 0.2) is 38.5 Å². The van der Waals surface area contributed by atoms with Gasteiger partial charge in [-0.25, -0.2) is 9.79 Å². The van der Waals surface area contributed by atoms with Crippen LogP contribution in [0, 0.1) is 0 Å². The van der Waals surface area contributed by atoms with Crippen molar-refractivity contribution in [1.82, 2.24) is 0 Å². The number of phenols is 1. The number of hydrogen-bond acceptors (Lipinski definition) is 7. The molecule has 3 N–H and O–H groups in total. The van der Waals surface area contributed by atoms with Crippen LogP contribution in [0.25, 0.3) is 0 Å². The number of benzene rings is 1. The Balaban J connectivity index is 2.67. The number of para-hydroxylation sites is 2. The Kier molecular flexibility index (Phi) is 3.98. The fourth-order valence-corrected chi connectivity index (χ4v) is 1.94. The molecule has 1 aromatic heterocycles. The van der Waals surface area contributed by atoms with E-state index < -0.39 is 28.7 Å². The van der Waals surface area contributed by atoms with E-state index in [1.54, 1.807) is 12.1 Å². The van der Waals surface area contributed by atoms with Gasteiger partial charge in [0, 0.05) is 0 Å². The summed E-state index contributed by atoms with van der Waals surface area (Å²) in [6.07, 6.45) is 0. The number of rotatable bonds is 3. The molecule has 0 amide bonds. The van der Waals surface area contributed by atoms with Crippen molar-refractivity contribution in [3.8, 4) is 17.4 Å². The monoisotopic (exact) mass is 303 g/mol. The summed E-state index contributed by atoms with van der Waals surface area (Å²) >= 11 is 0. The molecule has 7 nitrogen and oxygen atoms in total. The Bertz CT molecular complexity index is 834. The average Bonchev–Trinajstić information content (AvgIpc) is 2.40. The van der Waals surface area contributed by atoms with Crippen molar-refractivity contribution in [3.05, 3.63) is 45.8 Å². The first-order chi connectivity index (χ1) is 10.3. The second kappa shape index (κ2) is 5.72. The maximum atomic E-state index is 11.8. The van der Waals surface area contributed by atoms with Crippen molar-refractivity contribution in [1.29, 1.82) is 0 Å². The van der Waals surface area contributed by atoms with Crippen molar-refractivity contribution in [2.24, 2.45) is 4.99 Å². The lowest BCUT2D eigenvalue weighted by molar-refractivity contribution is 0.100. The minimum atomic E-state index is -1.04. The standard InChI is InChI=1S/C15H13NO6/c1-7(16-9-5-3-4-6-10(9)18)11-13(19)12(8(2)17)15(21)22-14(11)20/h3-6,18-19,21H,1-2H3. The Morgan fingerprint density at radius 1 is 1.09 bits per heavy atom. The summed E-state index contributed by atoms with van der Waals surface area (Å²) in [6, 6.07) is 6.14. The van der Waals surface area contributed by atoms with E-state index in [0.717, 1.165) is 6.92 Å². The van der Waals surface area contributed by atoms with Gasteiger partial charge in [-0.2, -0.15) is 0 Å².